The van der Waals surface area contributed by atoms with Gasteiger partial charge in [-0.1, -0.05) is 0 Å². The second kappa shape index (κ2) is 5.81. The molecule has 2 aromatic rings. The summed E-state index contributed by atoms with van der Waals surface area (Å²) in [5.74, 6) is -1.89. The minimum atomic E-state index is -0.899. The molecule has 0 spiro atoms. The van der Waals surface area contributed by atoms with E-state index in [4.69, 9.17) is 4.42 Å². The van der Waals surface area contributed by atoms with E-state index in [-0.39, 0.29) is 17.0 Å². The summed E-state index contributed by atoms with van der Waals surface area (Å²) in [6.45, 7) is 0. The van der Waals surface area contributed by atoms with Crippen LogP contribution in [0.2, 0.25) is 0 Å². The summed E-state index contributed by atoms with van der Waals surface area (Å²) < 4.78 is 18.6. The number of nitrogens with one attached hydrogen (secondary N) is 1. The van der Waals surface area contributed by atoms with E-state index in [1.807, 2.05) is 0 Å². The summed E-state index contributed by atoms with van der Waals surface area (Å²) in [4.78, 5) is 37.0. The number of nitrogens with zero attached hydrogens (tertiary/aromatic N) is 1. The molecule has 0 radical (unpaired) electrons. The van der Waals surface area contributed by atoms with E-state index in [0.29, 0.717) is 4.67 Å². The second-order valence-electron chi connectivity index (χ2n) is 4.58. The van der Waals surface area contributed by atoms with Crippen molar-refractivity contribution in [2.75, 3.05) is 4.90 Å². The van der Waals surface area contributed by atoms with E-state index in [1.54, 1.807) is 12.1 Å². The topological polar surface area (TPSA) is 79.6 Å². The predicted octanol–water partition coefficient (Wildman–Crippen LogP) is 2.85. The number of benzene rings is 1. The first-order chi connectivity index (χ1) is 11.0. The molecule has 1 aromatic carbocycles. The van der Waals surface area contributed by atoms with Gasteiger partial charge in [-0.15, -0.1) is 0 Å². The van der Waals surface area contributed by atoms with Gasteiger partial charge in [0.15, 0.2) is 4.67 Å². The molecule has 3 rings (SSSR count). The molecular formula is C15H8BrFN2O4. The molecule has 0 saturated carbocycles. The first kappa shape index (κ1) is 15.2. The monoisotopic (exact) mass is 378 g/mol. The highest BCUT2D eigenvalue weighted by Crippen LogP contribution is 2.23. The van der Waals surface area contributed by atoms with Crippen LogP contribution in [0.5, 0.6) is 0 Å². The molecule has 0 aliphatic carbocycles. The number of carbonyl (C=O) groups excluding carboxylic acids is 3. The molecule has 0 atom stereocenters. The van der Waals surface area contributed by atoms with Crippen LogP contribution in [-0.2, 0) is 9.59 Å². The van der Waals surface area contributed by atoms with Crippen LogP contribution in [0.3, 0.4) is 0 Å². The first-order valence-electron chi connectivity index (χ1n) is 6.38. The van der Waals surface area contributed by atoms with Crippen LogP contribution in [-0.4, -0.2) is 17.8 Å². The number of imide groups is 2. The van der Waals surface area contributed by atoms with Gasteiger partial charge in [0, 0.05) is 0 Å². The largest absolute Gasteiger partial charge is 0.450 e. The van der Waals surface area contributed by atoms with E-state index in [1.165, 1.54) is 18.2 Å². The highest BCUT2D eigenvalue weighted by molar-refractivity contribution is 9.10. The minimum absolute atomic E-state index is 0.146. The molecule has 2 heterocycles. The normalized spacial score (nSPS) is 16.9. The number of hydrogen-bond acceptors (Lipinski definition) is 4. The summed E-state index contributed by atoms with van der Waals surface area (Å²) in [6, 6.07) is 7.01. The first-order valence-corrected chi connectivity index (χ1v) is 7.17. The standard InChI is InChI=1S/C15H8BrFN2O4/c16-12-6-5-10(23-12)7-11-13(20)18-15(22)19(14(11)21)9-3-1-8(17)2-4-9/h1-7H,(H,18,20,22)/b11-7+. The molecule has 8 heteroatoms. The zero-order valence-corrected chi connectivity index (χ0v) is 13.0. The van der Waals surface area contributed by atoms with E-state index in [0.717, 1.165) is 17.0 Å². The third-order valence-electron chi connectivity index (χ3n) is 3.07. The average molecular weight is 379 g/mol. The third kappa shape index (κ3) is 2.93. The molecule has 1 aliphatic rings. The van der Waals surface area contributed by atoms with E-state index < -0.39 is 23.7 Å². The lowest BCUT2D eigenvalue weighted by Crippen LogP contribution is -2.54. The van der Waals surface area contributed by atoms with Crippen LogP contribution in [0.1, 0.15) is 5.76 Å². The van der Waals surface area contributed by atoms with Crippen molar-refractivity contribution in [2.45, 2.75) is 0 Å². The van der Waals surface area contributed by atoms with Gasteiger partial charge < -0.3 is 4.42 Å². The summed E-state index contributed by atoms with van der Waals surface area (Å²) in [6.07, 6.45) is 1.23. The average Bonchev–Trinajstić information content (AvgIpc) is 2.91. The van der Waals surface area contributed by atoms with Crippen molar-refractivity contribution in [2.24, 2.45) is 0 Å². The molecule has 1 saturated heterocycles. The zero-order valence-electron chi connectivity index (χ0n) is 11.4. The van der Waals surface area contributed by atoms with Gasteiger partial charge in [-0.2, -0.15) is 0 Å². The summed E-state index contributed by atoms with van der Waals surface area (Å²) in [5, 5.41) is 2.06. The highest BCUT2D eigenvalue weighted by atomic mass is 79.9. The van der Waals surface area contributed by atoms with Crippen LogP contribution in [0, 0.1) is 5.82 Å². The van der Waals surface area contributed by atoms with Gasteiger partial charge in [-0.25, -0.2) is 14.1 Å². The Morgan fingerprint density at radius 2 is 1.78 bits per heavy atom. The summed E-state index contributed by atoms with van der Waals surface area (Å²) >= 11 is 3.11. The number of halogens is 2. The number of furan rings is 1. The Labute approximate surface area is 137 Å². The Morgan fingerprint density at radius 3 is 2.39 bits per heavy atom. The Balaban J connectivity index is 2.00. The number of barbiturate groups is 1. The summed E-state index contributed by atoms with van der Waals surface area (Å²) in [5.41, 5.74) is -0.122. The Morgan fingerprint density at radius 1 is 1.09 bits per heavy atom. The minimum Gasteiger partial charge on any atom is -0.450 e. The van der Waals surface area contributed by atoms with Gasteiger partial charge in [-0.05, 0) is 58.4 Å². The van der Waals surface area contributed by atoms with Gasteiger partial charge in [-0.3, -0.25) is 14.9 Å². The molecule has 1 fully saturated rings. The fourth-order valence-electron chi connectivity index (χ4n) is 2.03. The number of amides is 4. The zero-order chi connectivity index (χ0) is 16.6. The molecule has 0 bridgehead atoms. The van der Waals surface area contributed by atoms with Crippen molar-refractivity contribution in [3.05, 3.63) is 58.2 Å². The van der Waals surface area contributed by atoms with Crippen molar-refractivity contribution in [1.82, 2.24) is 5.32 Å². The molecule has 1 aliphatic heterocycles. The van der Waals surface area contributed by atoms with Crippen LogP contribution >= 0.6 is 15.9 Å². The van der Waals surface area contributed by atoms with Crippen LogP contribution in [0.25, 0.3) is 6.08 Å². The Kier molecular flexibility index (Phi) is 3.83. The van der Waals surface area contributed by atoms with Crippen molar-refractivity contribution in [3.8, 4) is 0 Å². The molecule has 4 amide bonds. The molecule has 116 valence electrons. The van der Waals surface area contributed by atoms with Gasteiger partial charge in [0.2, 0.25) is 0 Å². The van der Waals surface area contributed by atoms with Crippen molar-refractivity contribution in [3.63, 3.8) is 0 Å². The van der Waals surface area contributed by atoms with Gasteiger partial charge in [0.05, 0.1) is 5.69 Å². The van der Waals surface area contributed by atoms with Gasteiger partial charge >= 0.3 is 6.03 Å². The van der Waals surface area contributed by atoms with E-state index in [2.05, 4.69) is 21.2 Å². The van der Waals surface area contributed by atoms with Crippen LogP contribution in [0.4, 0.5) is 14.9 Å². The predicted molar refractivity (Wildman–Crippen MR) is 81.8 cm³/mol. The fourth-order valence-corrected chi connectivity index (χ4v) is 2.35. The van der Waals surface area contributed by atoms with Gasteiger partial charge in [0.1, 0.15) is 17.2 Å². The lowest BCUT2D eigenvalue weighted by molar-refractivity contribution is -0.122. The summed E-state index contributed by atoms with van der Waals surface area (Å²) in [7, 11) is 0. The molecule has 23 heavy (non-hydrogen) atoms. The Hall–Kier alpha value is -2.74. The smallest absolute Gasteiger partial charge is 0.335 e. The molecule has 1 N–H and O–H groups in total. The van der Waals surface area contributed by atoms with Crippen LogP contribution in [0.15, 0.2) is 51.1 Å². The Bertz CT molecular complexity index is 841. The SMILES string of the molecule is O=C1NC(=O)N(c2ccc(F)cc2)C(=O)/C1=C/c1ccc(Br)o1. The maximum Gasteiger partial charge on any atom is 0.335 e. The second-order valence-corrected chi connectivity index (χ2v) is 5.36. The lowest BCUT2D eigenvalue weighted by Gasteiger charge is -2.26. The fraction of sp³-hybridized carbons (Fsp3) is 0. The van der Waals surface area contributed by atoms with Crippen molar-refractivity contribution >= 4 is 45.5 Å². The van der Waals surface area contributed by atoms with E-state index in [9.17, 15) is 18.8 Å². The lowest BCUT2D eigenvalue weighted by atomic mass is 10.1. The molecule has 6 nitrogen and oxygen atoms in total. The number of urea groups is 1. The number of rotatable bonds is 2. The molecule has 1 aromatic heterocycles. The molecular weight excluding hydrogens is 371 g/mol. The van der Waals surface area contributed by atoms with Gasteiger partial charge in [0.25, 0.3) is 11.8 Å². The third-order valence-corrected chi connectivity index (χ3v) is 3.49. The van der Waals surface area contributed by atoms with Crippen LogP contribution < -0.4 is 10.2 Å². The number of carbonyl (C=O) groups is 3. The van der Waals surface area contributed by atoms with E-state index >= 15 is 0 Å². The highest BCUT2D eigenvalue weighted by Gasteiger charge is 2.37. The number of hydrogen-bond donors (Lipinski definition) is 1. The van der Waals surface area contributed by atoms with Crippen molar-refractivity contribution in [1.29, 1.82) is 0 Å². The maximum absolute atomic E-state index is 13.0. The van der Waals surface area contributed by atoms with Crippen molar-refractivity contribution < 1.29 is 23.2 Å². The molecule has 0 unspecified atom stereocenters. The quantitative estimate of drug-likeness (QED) is 0.643. The maximum atomic E-state index is 13.0. The number of anilines is 1.